The van der Waals surface area contributed by atoms with Crippen LogP contribution < -0.4 is 5.32 Å². The zero-order valence-corrected chi connectivity index (χ0v) is 11.6. The fourth-order valence-electron chi connectivity index (χ4n) is 2.72. The Labute approximate surface area is 122 Å². The van der Waals surface area contributed by atoms with Gasteiger partial charge in [0, 0.05) is 18.0 Å². The van der Waals surface area contributed by atoms with E-state index in [1.54, 1.807) is 29.2 Å². The first-order chi connectivity index (χ1) is 10.2. The van der Waals surface area contributed by atoms with E-state index in [1.165, 1.54) is 0 Å². The summed E-state index contributed by atoms with van der Waals surface area (Å²) in [7, 11) is 0. The molecule has 6 nitrogen and oxygen atoms in total. The van der Waals surface area contributed by atoms with Gasteiger partial charge in [-0.1, -0.05) is 17.7 Å². The summed E-state index contributed by atoms with van der Waals surface area (Å²) in [6.45, 7) is 0.521. The van der Waals surface area contributed by atoms with E-state index in [9.17, 15) is 9.90 Å². The number of aromatic nitrogens is 3. The van der Waals surface area contributed by atoms with Gasteiger partial charge in [0.1, 0.15) is 0 Å². The van der Waals surface area contributed by atoms with Gasteiger partial charge in [-0.25, -0.2) is 4.68 Å². The van der Waals surface area contributed by atoms with Crippen molar-refractivity contribution in [3.05, 3.63) is 42.2 Å². The van der Waals surface area contributed by atoms with Gasteiger partial charge in [0.15, 0.2) is 0 Å². The van der Waals surface area contributed by atoms with Crippen molar-refractivity contribution in [3.8, 4) is 5.69 Å². The largest absolute Gasteiger partial charge is 0.393 e. The van der Waals surface area contributed by atoms with E-state index in [2.05, 4.69) is 15.6 Å². The molecule has 1 aliphatic carbocycles. The summed E-state index contributed by atoms with van der Waals surface area (Å²) in [4.78, 5) is 12.2. The maximum absolute atomic E-state index is 12.2. The molecule has 2 atom stereocenters. The smallest absolute Gasteiger partial charge is 0.251 e. The SMILES string of the molecule is O=C(NCC1CCCC1O)c1cccc(-n2ccnn2)c1. The Bertz CT molecular complexity index is 612. The molecule has 0 bridgehead atoms. The van der Waals surface area contributed by atoms with Gasteiger partial charge in [-0.15, -0.1) is 5.10 Å². The Hall–Kier alpha value is -2.21. The first-order valence-corrected chi connectivity index (χ1v) is 7.17. The third kappa shape index (κ3) is 3.11. The van der Waals surface area contributed by atoms with Crippen LogP contribution in [0.3, 0.4) is 0 Å². The predicted octanol–water partition coefficient (Wildman–Crippen LogP) is 1.16. The predicted molar refractivity (Wildman–Crippen MR) is 77.0 cm³/mol. The van der Waals surface area contributed by atoms with Crippen LogP contribution in [0.4, 0.5) is 0 Å². The summed E-state index contributed by atoms with van der Waals surface area (Å²) in [5, 5.41) is 20.3. The van der Waals surface area contributed by atoms with Crippen molar-refractivity contribution in [2.45, 2.75) is 25.4 Å². The molecule has 0 radical (unpaired) electrons. The van der Waals surface area contributed by atoms with Crippen LogP contribution in [0, 0.1) is 5.92 Å². The second-order valence-electron chi connectivity index (χ2n) is 5.37. The number of hydrogen-bond donors (Lipinski definition) is 2. The van der Waals surface area contributed by atoms with Crippen molar-refractivity contribution >= 4 is 5.91 Å². The average Bonchev–Trinajstić information content (AvgIpc) is 3.16. The van der Waals surface area contributed by atoms with E-state index in [-0.39, 0.29) is 17.9 Å². The summed E-state index contributed by atoms with van der Waals surface area (Å²) in [5.41, 5.74) is 1.37. The van der Waals surface area contributed by atoms with Gasteiger partial charge in [-0.2, -0.15) is 0 Å². The van der Waals surface area contributed by atoms with Crippen molar-refractivity contribution in [1.82, 2.24) is 20.3 Å². The lowest BCUT2D eigenvalue weighted by Crippen LogP contribution is -2.32. The molecule has 3 rings (SSSR count). The van der Waals surface area contributed by atoms with Gasteiger partial charge in [-0.3, -0.25) is 4.79 Å². The Balaban J connectivity index is 1.66. The third-order valence-electron chi connectivity index (χ3n) is 3.94. The molecule has 110 valence electrons. The number of aliphatic hydroxyl groups is 1. The van der Waals surface area contributed by atoms with Crippen molar-refractivity contribution in [3.63, 3.8) is 0 Å². The van der Waals surface area contributed by atoms with Crippen LogP contribution in [0.2, 0.25) is 0 Å². The number of aliphatic hydroxyl groups excluding tert-OH is 1. The topological polar surface area (TPSA) is 80.0 Å². The number of nitrogens with zero attached hydrogens (tertiary/aromatic N) is 3. The Kier molecular flexibility index (Phi) is 3.96. The number of rotatable bonds is 4. The fraction of sp³-hybridized carbons (Fsp3) is 0.400. The van der Waals surface area contributed by atoms with Crippen LogP contribution in [-0.4, -0.2) is 38.7 Å². The summed E-state index contributed by atoms with van der Waals surface area (Å²) in [6.07, 6.45) is 5.87. The van der Waals surface area contributed by atoms with Crippen molar-refractivity contribution in [2.75, 3.05) is 6.54 Å². The van der Waals surface area contributed by atoms with E-state index in [0.717, 1.165) is 24.9 Å². The highest BCUT2D eigenvalue weighted by molar-refractivity contribution is 5.94. The first-order valence-electron chi connectivity index (χ1n) is 7.17. The number of nitrogens with one attached hydrogen (secondary N) is 1. The number of amides is 1. The molecule has 6 heteroatoms. The molecule has 1 aromatic carbocycles. The van der Waals surface area contributed by atoms with Gasteiger partial charge >= 0.3 is 0 Å². The van der Waals surface area contributed by atoms with E-state index < -0.39 is 0 Å². The standard InChI is InChI=1S/C15H18N4O2/c20-14-6-2-4-12(14)10-16-15(21)11-3-1-5-13(9-11)19-8-7-17-18-19/h1,3,5,7-9,12,14,20H,2,4,6,10H2,(H,16,21). The minimum Gasteiger partial charge on any atom is -0.393 e. The van der Waals surface area contributed by atoms with Crippen LogP contribution in [0.25, 0.3) is 5.69 Å². The molecule has 2 N–H and O–H groups in total. The van der Waals surface area contributed by atoms with Crippen molar-refractivity contribution < 1.29 is 9.90 Å². The van der Waals surface area contributed by atoms with Crippen LogP contribution >= 0.6 is 0 Å². The molecule has 1 amide bonds. The lowest BCUT2D eigenvalue weighted by atomic mass is 10.1. The second-order valence-corrected chi connectivity index (χ2v) is 5.37. The summed E-state index contributed by atoms with van der Waals surface area (Å²) < 4.78 is 1.61. The highest BCUT2D eigenvalue weighted by Crippen LogP contribution is 2.24. The van der Waals surface area contributed by atoms with E-state index >= 15 is 0 Å². The van der Waals surface area contributed by atoms with Crippen LogP contribution in [-0.2, 0) is 0 Å². The lowest BCUT2D eigenvalue weighted by molar-refractivity contribution is 0.0917. The highest BCUT2D eigenvalue weighted by atomic mass is 16.3. The van der Waals surface area contributed by atoms with E-state index in [4.69, 9.17) is 0 Å². The molecular formula is C15H18N4O2. The number of benzene rings is 1. The average molecular weight is 286 g/mol. The molecule has 1 aliphatic rings. The van der Waals surface area contributed by atoms with Crippen molar-refractivity contribution in [1.29, 1.82) is 0 Å². The molecule has 1 heterocycles. The van der Waals surface area contributed by atoms with Gasteiger partial charge in [0.05, 0.1) is 24.2 Å². The summed E-state index contributed by atoms with van der Waals surface area (Å²) in [6, 6.07) is 7.22. The lowest BCUT2D eigenvalue weighted by Gasteiger charge is -2.15. The fourth-order valence-corrected chi connectivity index (χ4v) is 2.72. The molecule has 0 saturated heterocycles. The molecule has 0 spiro atoms. The van der Waals surface area contributed by atoms with Crippen LogP contribution in [0.5, 0.6) is 0 Å². The third-order valence-corrected chi connectivity index (χ3v) is 3.94. The molecule has 2 aromatic rings. The van der Waals surface area contributed by atoms with Gasteiger partial charge in [-0.05, 0) is 31.0 Å². The molecular weight excluding hydrogens is 268 g/mol. The maximum Gasteiger partial charge on any atom is 0.251 e. The normalized spacial score (nSPS) is 21.4. The molecule has 0 aliphatic heterocycles. The zero-order chi connectivity index (χ0) is 14.7. The summed E-state index contributed by atoms with van der Waals surface area (Å²) >= 11 is 0. The number of carbonyl (C=O) groups excluding carboxylic acids is 1. The second kappa shape index (κ2) is 6.05. The molecule has 1 aromatic heterocycles. The van der Waals surface area contributed by atoms with Gasteiger partial charge in [0.25, 0.3) is 5.91 Å². The maximum atomic E-state index is 12.2. The minimum absolute atomic E-state index is 0.129. The molecule has 1 fully saturated rings. The van der Waals surface area contributed by atoms with E-state index in [1.807, 2.05) is 12.1 Å². The Morgan fingerprint density at radius 2 is 2.33 bits per heavy atom. The minimum atomic E-state index is -0.285. The molecule has 1 saturated carbocycles. The number of hydrogen-bond acceptors (Lipinski definition) is 4. The monoisotopic (exact) mass is 286 g/mol. The number of carbonyl (C=O) groups is 1. The van der Waals surface area contributed by atoms with Gasteiger partial charge in [0.2, 0.25) is 0 Å². The van der Waals surface area contributed by atoms with Crippen LogP contribution in [0.15, 0.2) is 36.7 Å². The van der Waals surface area contributed by atoms with Gasteiger partial charge < -0.3 is 10.4 Å². The highest BCUT2D eigenvalue weighted by Gasteiger charge is 2.25. The molecule has 21 heavy (non-hydrogen) atoms. The summed E-state index contributed by atoms with van der Waals surface area (Å²) in [5.74, 6) is 0.0449. The Morgan fingerprint density at radius 3 is 3.05 bits per heavy atom. The first kappa shape index (κ1) is 13.8. The Morgan fingerprint density at radius 1 is 1.43 bits per heavy atom. The van der Waals surface area contributed by atoms with Crippen LogP contribution in [0.1, 0.15) is 29.6 Å². The van der Waals surface area contributed by atoms with Crippen molar-refractivity contribution in [2.24, 2.45) is 5.92 Å². The zero-order valence-electron chi connectivity index (χ0n) is 11.6. The quantitative estimate of drug-likeness (QED) is 0.884. The molecule has 2 unspecified atom stereocenters. The van der Waals surface area contributed by atoms with E-state index in [0.29, 0.717) is 12.1 Å².